The summed E-state index contributed by atoms with van der Waals surface area (Å²) in [4.78, 5) is 55.1. The minimum Gasteiger partial charge on any atom is -0.497 e. The number of fused-ring (bicyclic) bond motifs is 2. The number of carbonyl (C=O) groups excluding carboxylic acids is 3. The Balaban J connectivity index is 1.38. The van der Waals surface area contributed by atoms with Gasteiger partial charge in [-0.05, 0) is 66.2 Å². The summed E-state index contributed by atoms with van der Waals surface area (Å²) >= 11 is 8.19. The fourth-order valence-electron chi connectivity index (χ4n) is 5.15. The molecule has 1 saturated heterocycles. The van der Waals surface area contributed by atoms with E-state index in [-0.39, 0.29) is 17.1 Å². The van der Waals surface area contributed by atoms with Gasteiger partial charge in [0.25, 0.3) is 0 Å². The maximum Gasteiger partial charge on any atom is 0.308 e. The number of rotatable bonds is 6. The van der Waals surface area contributed by atoms with Gasteiger partial charge in [0.15, 0.2) is 0 Å². The van der Waals surface area contributed by atoms with E-state index in [1.165, 1.54) is 28.8 Å². The lowest BCUT2D eigenvalue weighted by Crippen LogP contribution is -2.33. The lowest BCUT2D eigenvalue weighted by Gasteiger charge is -2.30. The number of benzene rings is 3. The average molecular weight is 610 g/mol. The van der Waals surface area contributed by atoms with Crippen LogP contribution in [-0.4, -0.2) is 34.6 Å². The monoisotopic (exact) mass is 609 g/mol. The molecule has 3 amide bonds. The van der Waals surface area contributed by atoms with Crippen LogP contribution in [0.4, 0.5) is 15.8 Å². The molecule has 0 spiro atoms. The second-order valence-corrected chi connectivity index (χ2v) is 12.0. The van der Waals surface area contributed by atoms with Crippen LogP contribution in [0.25, 0.3) is 0 Å². The molecular formula is C29H21ClFN3O5S2. The zero-order valence-corrected chi connectivity index (χ0v) is 23.8. The molecule has 41 heavy (non-hydrogen) atoms. The van der Waals surface area contributed by atoms with Gasteiger partial charge in [-0.3, -0.25) is 23.7 Å². The highest BCUT2D eigenvalue weighted by atomic mass is 35.5. The number of nitrogens with one attached hydrogen (secondary N) is 1. The van der Waals surface area contributed by atoms with Crippen molar-refractivity contribution in [2.45, 2.75) is 22.7 Å². The molecule has 2 aliphatic rings. The summed E-state index contributed by atoms with van der Waals surface area (Å²) in [6, 6.07) is 18.9. The van der Waals surface area contributed by atoms with Gasteiger partial charge in [0.05, 0.1) is 23.7 Å². The van der Waals surface area contributed by atoms with Crippen molar-refractivity contribution in [3.8, 4) is 5.75 Å². The Morgan fingerprint density at radius 3 is 2.32 bits per heavy atom. The summed E-state index contributed by atoms with van der Waals surface area (Å²) in [6.07, 6.45) is 0. The standard InChI is InChI=1S/C29H21ClFN3O5S2/c1-39-20-12-8-18(9-13-20)32-21(35)14-33-28-25(41-29(33)38)22(15-2-4-16(30)5-3-15)23-24(40-28)27(37)34(26(23)36)19-10-6-17(31)7-11-19/h2-13,22-24H,14H2,1H3,(H,32,35)/t22-,23-,24+/m0/s1. The molecule has 3 atom stereocenters. The number of thioether (sulfide) groups is 1. The van der Waals surface area contributed by atoms with Gasteiger partial charge in [0.2, 0.25) is 17.7 Å². The first-order valence-electron chi connectivity index (χ1n) is 12.5. The Morgan fingerprint density at radius 1 is 0.976 bits per heavy atom. The maximum absolute atomic E-state index is 13.8. The fourth-order valence-corrected chi connectivity index (χ4v) is 8.05. The number of thiazole rings is 1. The molecule has 3 aromatic carbocycles. The van der Waals surface area contributed by atoms with Crippen LogP contribution in [0.1, 0.15) is 16.4 Å². The molecule has 208 valence electrons. The van der Waals surface area contributed by atoms with Crippen molar-refractivity contribution < 1.29 is 23.5 Å². The van der Waals surface area contributed by atoms with Crippen LogP contribution in [0.2, 0.25) is 5.02 Å². The number of ether oxygens (including phenoxy) is 1. The first kappa shape index (κ1) is 27.3. The SMILES string of the molecule is COc1ccc(NC(=O)Cn2c3c(sc2=O)[C@@H](c2ccc(Cl)cc2)[C@@H]2C(=O)N(c4ccc(F)cc4)C(=O)[C@@H]2S3)cc1. The van der Waals surface area contributed by atoms with Crippen LogP contribution < -0.4 is 19.8 Å². The number of nitrogens with zero attached hydrogens (tertiary/aromatic N) is 2. The number of hydrogen-bond acceptors (Lipinski definition) is 7. The number of carbonyl (C=O) groups is 3. The van der Waals surface area contributed by atoms with Crippen LogP contribution >= 0.6 is 34.7 Å². The van der Waals surface area contributed by atoms with E-state index in [1.54, 1.807) is 55.6 Å². The molecule has 1 fully saturated rings. The number of aromatic nitrogens is 1. The first-order chi connectivity index (χ1) is 19.7. The van der Waals surface area contributed by atoms with Crippen molar-refractivity contribution >= 4 is 63.8 Å². The van der Waals surface area contributed by atoms with Crippen molar-refractivity contribution in [2.24, 2.45) is 5.92 Å². The van der Waals surface area contributed by atoms with E-state index in [4.69, 9.17) is 16.3 Å². The van der Waals surface area contributed by atoms with Crippen molar-refractivity contribution in [3.05, 3.63) is 104 Å². The van der Waals surface area contributed by atoms with Crippen molar-refractivity contribution in [1.29, 1.82) is 0 Å². The quantitative estimate of drug-likeness (QED) is 0.304. The van der Waals surface area contributed by atoms with Gasteiger partial charge in [0, 0.05) is 21.5 Å². The Morgan fingerprint density at radius 2 is 1.66 bits per heavy atom. The van der Waals surface area contributed by atoms with Crippen LogP contribution in [0, 0.1) is 11.7 Å². The summed E-state index contributed by atoms with van der Waals surface area (Å²) in [7, 11) is 1.54. The number of amides is 3. The van der Waals surface area contributed by atoms with E-state index in [1.807, 2.05) is 0 Å². The van der Waals surface area contributed by atoms with Crippen LogP contribution in [0.3, 0.4) is 0 Å². The minimum absolute atomic E-state index is 0.269. The molecule has 0 unspecified atom stereocenters. The maximum atomic E-state index is 13.8. The Kier molecular flexibility index (Phi) is 7.18. The first-order valence-corrected chi connectivity index (χ1v) is 14.6. The summed E-state index contributed by atoms with van der Waals surface area (Å²) in [5.74, 6) is -2.62. The molecule has 4 aromatic rings. The highest BCUT2D eigenvalue weighted by Gasteiger charge is 2.56. The van der Waals surface area contributed by atoms with E-state index in [9.17, 15) is 23.6 Å². The van der Waals surface area contributed by atoms with Crippen LogP contribution in [0.15, 0.2) is 82.6 Å². The van der Waals surface area contributed by atoms with E-state index in [0.717, 1.165) is 28.0 Å². The highest BCUT2D eigenvalue weighted by molar-refractivity contribution is 8.00. The molecule has 0 bridgehead atoms. The summed E-state index contributed by atoms with van der Waals surface area (Å²) in [6.45, 7) is -0.280. The molecule has 0 aliphatic carbocycles. The van der Waals surface area contributed by atoms with Crippen molar-refractivity contribution in [2.75, 3.05) is 17.3 Å². The molecular weight excluding hydrogens is 589 g/mol. The number of anilines is 2. The Hall–Kier alpha value is -3.93. The normalized spacial score (nSPS) is 19.6. The lowest BCUT2D eigenvalue weighted by atomic mass is 9.83. The molecule has 6 rings (SSSR count). The Bertz CT molecular complexity index is 1720. The van der Waals surface area contributed by atoms with Crippen molar-refractivity contribution in [3.63, 3.8) is 0 Å². The molecule has 1 aromatic heterocycles. The van der Waals surface area contributed by atoms with Crippen molar-refractivity contribution in [1.82, 2.24) is 4.57 Å². The fraction of sp³-hybridized carbons (Fsp3) is 0.172. The third-order valence-electron chi connectivity index (χ3n) is 7.04. The predicted molar refractivity (Wildman–Crippen MR) is 156 cm³/mol. The molecule has 8 nitrogen and oxygen atoms in total. The number of halogens is 2. The molecule has 0 radical (unpaired) electrons. The topological polar surface area (TPSA) is 97.7 Å². The second kappa shape index (κ2) is 10.8. The van der Waals surface area contributed by atoms with Crippen LogP contribution in [-0.2, 0) is 20.9 Å². The molecule has 0 saturated carbocycles. The molecule has 12 heteroatoms. The summed E-state index contributed by atoms with van der Waals surface area (Å²) in [5.41, 5.74) is 1.52. The Labute approximate surface area is 246 Å². The van der Waals surface area contributed by atoms with Gasteiger partial charge in [0.1, 0.15) is 23.4 Å². The summed E-state index contributed by atoms with van der Waals surface area (Å²) < 4.78 is 20.1. The largest absolute Gasteiger partial charge is 0.497 e. The van der Waals surface area contributed by atoms with Crippen LogP contribution in [0.5, 0.6) is 5.75 Å². The average Bonchev–Trinajstić information content (AvgIpc) is 3.40. The zero-order chi connectivity index (χ0) is 28.8. The van der Waals surface area contributed by atoms with Gasteiger partial charge in [-0.2, -0.15) is 0 Å². The van der Waals surface area contributed by atoms with E-state index < -0.39 is 40.6 Å². The molecule has 3 heterocycles. The highest BCUT2D eigenvalue weighted by Crippen LogP contribution is 2.53. The number of hydrogen-bond donors (Lipinski definition) is 1. The molecule has 1 N–H and O–H groups in total. The van der Waals surface area contributed by atoms with Gasteiger partial charge >= 0.3 is 4.87 Å². The van der Waals surface area contributed by atoms with E-state index in [0.29, 0.717) is 31.9 Å². The number of methoxy groups -OCH3 is 1. The van der Waals surface area contributed by atoms with Gasteiger partial charge < -0.3 is 10.1 Å². The van der Waals surface area contributed by atoms with Gasteiger partial charge in [-0.25, -0.2) is 9.29 Å². The van der Waals surface area contributed by atoms with E-state index >= 15 is 0 Å². The van der Waals surface area contributed by atoms with E-state index in [2.05, 4.69) is 5.32 Å². The minimum atomic E-state index is -0.856. The second-order valence-electron chi connectivity index (χ2n) is 9.48. The lowest BCUT2D eigenvalue weighted by molar-refractivity contribution is -0.122. The third kappa shape index (κ3) is 4.94. The van der Waals surface area contributed by atoms with Gasteiger partial charge in [-0.1, -0.05) is 46.8 Å². The predicted octanol–water partition coefficient (Wildman–Crippen LogP) is 5.15. The number of imide groups is 1. The zero-order valence-electron chi connectivity index (χ0n) is 21.4. The molecule has 2 aliphatic heterocycles. The summed E-state index contributed by atoms with van der Waals surface area (Å²) in [5, 5.41) is 2.89. The van der Waals surface area contributed by atoms with Gasteiger partial charge in [-0.15, -0.1) is 0 Å². The third-order valence-corrected chi connectivity index (χ3v) is 9.89. The smallest absolute Gasteiger partial charge is 0.308 e.